The topological polar surface area (TPSA) is 22.9 Å². The van der Waals surface area contributed by atoms with Gasteiger partial charge in [-0.15, -0.1) is 11.3 Å². The lowest BCUT2D eigenvalue weighted by Crippen LogP contribution is -2.55. The van der Waals surface area contributed by atoms with Crippen molar-refractivity contribution >= 4 is 115 Å². The lowest BCUT2D eigenvalue weighted by atomic mass is 9.43. The smallest absolute Gasteiger partial charge is 0.137 e. The van der Waals surface area contributed by atoms with Crippen LogP contribution in [0.3, 0.4) is 0 Å². The molecule has 0 saturated heterocycles. The fourth-order valence-electron chi connectivity index (χ4n) is 36.7. The molecule has 0 amide bonds. The summed E-state index contributed by atoms with van der Waals surface area (Å²) in [5, 5.41) is 7.56. The number of nitrogens with zero attached hydrogens (tertiary/aromatic N) is 3. The van der Waals surface area contributed by atoms with E-state index in [0.717, 1.165) is 98.6 Å². The zero-order valence-corrected chi connectivity index (χ0v) is 87.4. The molecule has 0 aliphatic heterocycles. The van der Waals surface area contributed by atoms with Gasteiger partial charge in [-0.25, -0.2) is 0 Å². The highest BCUT2D eigenvalue weighted by atomic mass is 32.1. The molecule has 5 heteroatoms. The number of rotatable bonds is 9. The van der Waals surface area contributed by atoms with E-state index in [-0.39, 0.29) is 32.5 Å². The van der Waals surface area contributed by atoms with Crippen LogP contribution in [0.2, 0.25) is 0 Å². The maximum atomic E-state index is 6.49. The van der Waals surface area contributed by atoms with E-state index in [9.17, 15) is 0 Å². The molecule has 2 aromatic heterocycles. The predicted octanol–water partition coefficient (Wildman–Crippen LogP) is 39.0. The van der Waals surface area contributed by atoms with Gasteiger partial charge in [-0.05, 0) is 433 Å². The summed E-state index contributed by atoms with van der Waals surface area (Å²) in [4.78, 5) is 7.56. The SMILES string of the molecule is CC1(C)c2ccccc2-c2ccc(N(c3ccc4c(c3)-c3ccccc3C43C4CC5CC(C4)CC3C5)c3ccc4c(c3)oc3ccccc34)cc21.CC1(C)c2ccccc2-c2ccc(N(c3ccc4c(c3)-c3ccccc3C43C4CC5CC(C4)CC3C5)c3ccc4c(c3)sc3ccccc34)cc21.CC1(C)c2ccccc2-c2ccc(N(c3ccc4c(c3)-c3ccccc3C43C4CC5CC(C4)CC3C5)c3ccc4ccccc4c3)cc21. The van der Waals surface area contributed by atoms with Crippen molar-refractivity contribution < 1.29 is 4.42 Å². The van der Waals surface area contributed by atoms with Gasteiger partial charge in [0.15, 0.2) is 0 Å². The third kappa shape index (κ3) is 12.1. The van der Waals surface area contributed by atoms with Crippen molar-refractivity contribution in [1.29, 1.82) is 0 Å². The van der Waals surface area contributed by atoms with Crippen LogP contribution in [0, 0.1) is 71.0 Å². The third-order valence-electron chi connectivity index (χ3n) is 42.1. The van der Waals surface area contributed by atoms with E-state index in [1.807, 2.05) is 11.3 Å². The first-order valence-electron chi connectivity index (χ1n) is 56.6. The van der Waals surface area contributed by atoms with Gasteiger partial charge < -0.3 is 19.1 Å². The van der Waals surface area contributed by atoms with E-state index in [2.05, 4.69) is 438 Å². The predicted molar refractivity (Wildman–Crippen MR) is 624 cm³/mol. The fraction of sp³-hybridized carbons (Fsp3) is 0.269. The summed E-state index contributed by atoms with van der Waals surface area (Å²) in [6, 6.07) is 147. The largest absolute Gasteiger partial charge is 0.456 e. The lowest BCUT2D eigenvalue weighted by Gasteiger charge is -2.61. The summed E-state index contributed by atoms with van der Waals surface area (Å²) in [7, 11) is 0. The van der Waals surface area contributed by atoms with Crippen LogP contribution in [-0.4, -0.2) is 0 Å². The van der Waals surface area contributed by atoms with Gasteiger partial charge in [0, 0.05) is 121 Å². The maximum Gasteiger partial charge on any atom is 0.137 e. The van der Waals surface area contributed by atoms with Crippen LogP contribution < -0.4 is 14.7 Å². The van der Waals surface area contributed by atoms with Crippen LogP contribution in [0.4, 0.5) is 51.2 Å². The molecular weight excluding hydrogens is 1830 g/mol. The van der Waals surface area contributed by atoms with Crippen molar-refractivity contribution in [1.82, 2.24) is 0 Å². The van der Waals surface area contributed by atoms with Gasteiger partial charge in [-0.1, -0.05) is 296 Å². The summed E-state index contributed by atoms with van der Waals surface area (Å²) in [6.45, 7) is 14.3. The molecule has 0 radical (unpaired) electrons. The molecule has 4 nitrogen and oxygen atoms in total. The first kappa shape index (κ1) is 87.5. The van der Waals surface area contributed by atoms with Crippen LogP contribution in [0.15, 0.2) is 387 Å². The standard InChI is InChI=1S/C49H41NO.C49H41NS.C47H41N/c2*1-48(2)42-12-6-3-9-36(42)38-18-15-34(27-45(38)48)50(35-16-19-40-39-11-5-8-14-46(39)51-47(40)28-35)33-17-20-44-41(26-33)37-10-4-7-13-43(37)49(44)31-22-29-21-30(24-31)25-32(49)23-29;1-46(2)42-13-7-5-11-38(42)40-19-17-37(28-45(40)46)48(35-16-15-31-9-3-4-10-32(31)26-35)36-18-20-44-41(27-36)39-12-6-8-14-43(39)47(44)33-22-29-21-30(24-33)25-34(47)23-29/h2*3-20,26-32H,21-25H2,1-2H3;3-20,26-30,33-34H,21-25H2,1-2H3. The molecule has 0 unspecified atom stereocenters. The highest BCUT2D eigenvalue weighted by molar-refractivity contribution is 7.25. The summed E-state index contributed by atoms with van der Waals surface area (Å²) in [5.41, 5.74) is 48.2. The van der Waals surface area contributed by atoms with Crippen molar-refractivity contribution in [3.05, 3.63) is 449 Å². The molecular formula is C145H123N3OS. The number of hydrogen-bond acceptors (Lipinski definition) is 5. The third-order valence-corrected chi connectivity index (χ3v) is 43.2. The Hall–Kier alpha value is -14.4. The molecule has 18 aliphatic rings. The van der Waals surface area contributed by atoms with Crippen molar-refractivity contribution in [2.45, 2.75) is 170 Å². The van der Waals surface area contributed by atoms with Gasteiger partial charge >= 0.3 is 0 Å². The molecule has 12 bridgehead atoms. The van der Waals surface area contributed by atoms with E-state index in [0.29, 0.717) is 0 Å². The molecule has 38 rings (SSSR count). The van der Waals surface area contributed by atoms with E-state index >= 15 is 0 Å². The molecule has 2 heterocycles. The summed E-state index contributed by atoms with van der Waals surface area (Å²) in [5.74, 6) is 10.3. The number of hydrogen-bond donors (Lipinski definition) is 0. The van der Waals surface area contributed by atoms with Crippen LogP contribution in [-0.2, 0) is 32.5 Å². The Morgan fingerprint density at radius 1 is 0.187 bits per heavy atom. The maximum absolute atomic E-state index is 6.49. The number of furan rings is 1. The van der Waals surface area contributed by atoms with Crippen LogP contribution in [0.5, 0.6) is 0 Å². The Labute approximate surface area is 885 Å². The molecule has 0 N–H and O–H groups in total. The molecule has 20 aromatic rings. The van der Waals surface area contributed by atoms with Gasteiger partial charge in [0.05, 0.1) is 0 Å². The Morgan fingerprint density at radius 2 is 0.453 bits per heavy atom. The quantitative estimate of drug-likeness (QED) is 0.144. The fourth-order valence-corrected chi connectivity index (χ4v) is 37.9. The summed E-state index contributed by atoms with van der Waals surface area (Å²) < 4.78 is 9.18. The van der Waals surface area contributed by atoms with Gasteiger partial charge in [-0.3, -0.25) is 0 Å². The van der Waals surface area contributed by atoms with E-state index < -0.39 is 0 Å². The highest BCUT2D eigenvalue weighted by Gasteiger charge is 2.65. The second kappa shape index (κ2) is 31.6. The Morgan fingerprint density at radius 3 is 0.860 bits per heavy atom. The van der Waals surface area contributed by atoms with E-state index in [4.69, 9.17) is 4.42 Å². The number of benzene rings is 18. The first-order valence-corrected chi connectivity index (χ1v) is 57.5. The minimum atomic E-state index is -0.0843. The number of thiophene rings is 1. The van der Waals surface area contributed by atoms with Crippen molar-refractivity contribution in [3.63, 3.8) is 0 Å². The number of para-hydroxylation sites is 1. The van der Waals surface area contributed by atoms with Crippen LogP contribution in [0.1, 0.15) is 205 Å². The normalized spacial score (nSPS) is 25.9. The lowest BCUT2D eigenvalue weighted by molar-refractivity contribution is -0.0399. The summed E-state index contributed by atoms with van der Waals surface area (Å²) in [6.07, 6.45) is 21.4. The van der Waals surface area contributed by atoms with Gasteiger partial charge in [-0.2, -0.15) is 0 Å². The molecule has 0 atom stereocenters. The molecule has 3 spiro atoms. The Bertz CT molecular complexity index is 8730. The van der Waals surface area contributed by atoms with Gasteiger partial charge in [0.25, 0.3) is 0 Å². The van der Waals surface area contributed by atoms with Crippen LogP contribution in [0.25, 0.3) is 120 Å². The molecule has 12 fully saturated rings. The van der Waals surface area contributed by atoms with E-state index in [1.165, 1.54) is 273 Å². The van der Waals surface area contributed by atoms with Crippen molar-refractivity contribution in [2.75, 3.05) is 14.7 Å². The van der Waals surface area contributed by atoms with E-state index in [1.54, 1.807) is 33.4 Å². The van der Waals surface area contributed by atoms with Crippen LogP contribution >= 0.6 is 11.3 Å². The second-order valence-corrected chi connectivity index (χ2v) is 51.2. The minimum absolute atomic E-state index is 0.0558. The minimum Gasteiger partial charge on any atom is -0.456 e. The average Bonchev–Trinajstić information content (AvgIpc) is 1.51. The average molecular weight is 1960 g/mol. The molecule has 12 saturated carbocycles. The molecule has 18 aliphatic carbocycles. The number of anilines is 9. The zero-order chi connectivity index (χ0) is 99.1. The molecule has 18 aromatic carbocycles. The Kier molecular flexibility index (Phi) is 18.5. The second-order valence-electron chi connectivity index (χ2n) is 50.1. The highest BCUT2D eigenvalue weighted by Crippen LogP contribution is 2.75. The van der Waals surface area contributed by atoms with Crippen molar-refractivity contribution in [2.24, 2.45) is 71.0 Å². The Balaban J connectivity index is 0.0000000975. The zero-order valence-electron chi connectivity index (χ0n) is 86.6. The van der Waals surface area contributed by atoms with Crippen molar-refractivity contribution in [3.8, 4) is 66.8 Å². The van der Waals surface area contributed by atoms with Gasteiger partial charge in [0.1, 0.15) is 11.2 Å². The van der Waals surface area contributed by atoms with Gasteiger partial charge in [0.2, 0.25) is 0 Å². The molecule has 730 valence electrons. The molecule has 150 heavy (non-hydrogen) atoms. The monoisotopic (exact) mass is 1950 g/mol. The first-order chi connectivity index (χ1) is 73.5. The summed E-state index contributed by atoms with van der Waals surface area (Å²) >= 11 is 1.91. The number of fused-ring (bicyclic) bond motifs is 25.